The van der Waals surface area contributed by atoms with E-state index in [4.69, 9.17) is 10.8 Å². The van der Waals surface area contributed by atoms with E-state index in [0.29, 0.717) is 6.42 Å². The van der Waals surface area contributed by atoms with Crippen molar-refractivity contribution in [2.75, 3.05) is 0 Å². The molecule has 2 atom stereocenters. The van der Waals surface area contributed by atoms with Gasteiger partial charge in [-0.1, -0.05) is 64.0 Å². The van der Waals surface area contributed by atoms with E-state index >= 15 is 0 Å². The SMILES string of the molecule is CCCCCCC(O)CCCCCC/C=C/CCCC(N)C(=O)O. The van der Waals surface area contributed by atoms with Crippen LogP contribution in [0.1, 0.15) is 96.8 Å². The smallest absolute Gasteiger partial charge is 0.320 e. The monoisotopic (exact) mass is 341 g/mol. The molecule has 4 heteroatoms. The Balaban J connectivity index is 3.29. The number of hydrogen-bond acceptors (Lipinski definition) is 3. The van der Waals surface area contributed by atoms with Crippen molar-refractivity contribution in [1.29, 1.82) is 0 Å². The third-order valence-corrected chi connectivity index (χ3v) is 4.42. The van der Waals surface area contributed by atoms with Gasteiger partial charge in [0.05, 0.1) is 6.10 Å². The first-order valence-electron chi connectivity index (χ1n) is 9.89. The first kappa shape index (κ1) is 23.1. The average Bonchev–Trinajstić information content (AvgIpc) is 2.56. The second-order valence-corrected chi connectivity index (χ2v) is 6.84. The lowest BCUT2D eigenvalue weighted by Gasteiger charge is -2.09. The van der Waals surface area contributed by atoms with Gasteiger partial charge >= 0.3 is 5.97 Å². The average molecular weight is 342 g/mol. The van der Waals surface area contributed by atoms with Crippen molar-refractivity contribution >= 4 is 5.97 Å². The van der Waals surface area contributed by atoms with Gasteiger partial charge in [0.25, 0.3) is 0 Å². The molecule has 4 nitrogen and oxygen atoms in total. The Hall–Kier alpha value is -0.870. The number of nitrogens with two attached hydrogens (primary N) is 1. The zero-order valence-electron chi connectivity index (χ0n) is 15.6. The molecule has 2 unspecified atom stereocenters. The fourth-order valence-corrected chi connectivity index (χ4v) is 2.76. The molecule has 0 aliphatic carbocycles. The Bertz CT molecular complexity index is 318. The van der Waals surface area contributed by atoms with Crippen molar-refractivity contribution in [1.82, 2.24) is 0 Å². The predicted octanol–water partition coefficient (Wildman–Crippen LogP) is 4.80. The van der Waals surface area contributed by atoms with Crippen LogP contribution in [0.4, 0.5) is 0 Å². The highest BCUT2D eigenvalue weighted by Crippen LogP contribution is 2.13. The van der Waals surface area contributed by atoms with Crippen molar-refractivity contribution in [3.8, 4) is 0 Å². The van der Waals surface area contributed by atoms with Crippen LogP contribution in [0, 0.1) is 0 Å². The van der Waals surface area contributed by atoms with Crippen LogP contribution in [-0.4, -0.2) is 28.3 Å². The van der Waals surface area contributed by atoms with Crippen molar-refractivity contribution in [3.05, 3.63) is 12.2 Å². The minimum Gasteiger partial charge on any atom is -0.480 e. The maximum atomic E-state index is 10.6. The Morgan fingerprint density at radius 3 is 2.00 bits per heavy atom. The van der Waals surface area contributed by atoms with Crippen LogP contribution in [0.3, 0.4) is 0 Å². The Kier molecular flexibility index (Phi) is 16.4. The molecule has 0 aliphatic heterocycles. The molecule has 0 aromatic heterocycles. The summed E-state index contributed by atoms with van der Waals surface area (Å²) in [5.41, 5.74) is 5.45. The van der Waals surface area contributed by atoms with E-state index in [-0.39, 0.29) is 6.10 Å². The van der Waals surface area contributed by atoms with E-state index in [1.807, 2.05) is 0 Å². The maximum Gasteiger partial charge on any atom is 0.320 e. The van der Waals surface area contributed by atoms with E-state index in [0.717, 1.165) is 44.9 Å². The highest BCUT2D eigenvalue weighted by atomic mass is 16.4. The highest BCUT2D eigenvalue weighted by molar-refractivity contribution is 5.72. The Morgan fingerprint density at radius 2 is 1.42 bits per heavy atom. The molecule has 0 spiro atoms. The fraction of sp³-hybridized carbons (Fsp3) is 0.850. The molecular formula is C20H39NO3. The van der Waals surface area contributed by atoms with Crippen LogP contribution >= 0.6 is 0 Å². The van der Waals surface area contributed by atoms with Gasteiger partial charge in [0.2, 0.25) is 0 Å². The zero-order chi connectivity index (χ0) is 18.0. The van der Waals surface area contributed by atoms with Crippen LogP contribution in [0.2, 0.25) is 0 Å². The largest absolute Gasteiger partial charge is 0.480 e. The first-order chi connectivity index (χ1) is 11.6. The third kappa shape index (κ3) is 16.0. The number of allylic oxidation sites excluding steroid dienone is 2. The lowest BCUT2D eigenvalue weighted by atomic mass is 10.0. The van der Waals surface area contributed by atoms with Gasteiger partial charge in [0.1, 0.15) is 6.04 Å². The van der Waals surface area contributed by atoms with Crippen LogP contribution in [0.5, 0.6) is 0 Å². The molecule has 24 heavy (non-hydrogen) atoms. The van der Waals surface area contributed by atoms with Crippen molar-refractivity contribution in [3.63, 3.8) is 0 Å². The lowest BCUT2D eigenvalue weighted by molar-refractivity contribution is -0.138. The van der Waals surface area contributed by atoms with E-state index in [1.165, 1.54) is 38.5 Å². The summed E-state index contributed by atoms with van der Waals surface area (Å²) >= 11 is 0. The van der Waals surface area contributed by atoms with E-state index in [1.54, 1.807) is 0 Å². The number of carbonyl (C=O) groups is 1. The van der Waals surface area contributed by atoms with E-state index in [9.17, 15) is 9.90 Å². The van der Waals surface area contributed by atoms with Gasteiger partial charge in [-0.15, -0.1) is 0 Å². The highest BCUT2D eigenvalue weighted by Gasteiger charge is 2.09. The Labute approximate surface area is 148 Å². The molecular weight excluding hydrogens is 302 g/mol. The second kappa shape index (κ2) is 17.0. The molecule has 0 amide bonds. The molecule has 0 bridgehead atoms. The summed E-state index contributed by atoms with van der Waals surface area (Å²) in [6.45, 7) is 2.21. The molecule has 0 aromatic carbocycles. The molecule has 0 rings (SSSR count). The predicted molar refractivity (Wildman–Crippen MR) is 101 cm³/mol. The van der Waals surface area contributed by atoms with Gasteiger partial charge in [0, 0.05) is 0 Å². The first-order valence-corrected chi connectivity index (χ1v) is 9.89. The van der Waals surface area contributed by atoms with E-state index < -0.39 is 12.0 Å². The summed E-state index contributed by atoms with van der Waals surface area (Å²) < 4.78 is 0. The summed E-state index contributed by atoms with van der Waals surface area (Å²) in [6, 6.07) is -0.722. The van der Waals surface area contributed by atoms with Crippen LogP contribution in [0.15, 0.2) is 12.2 Å². The summed E-state index contributed by atoms with van der Waals surface area (Å²) in [6.07, 6.45) is 19.2. The van der Waals surface area contributed by atoms with Gasteiger partial charge in [-0.05, 0) is 44.9 Å². The number of aliphatic hydroxyl groups is 1. The molecule has 0 aliphatic rings. The van der Waals surface area contributed by atoms with Gasteiger partial charge < -0.3 is 15.9 Å². The number of aliphatic carboxylic acids is 1. The maximum absolute atomic E-state index is 10.6. The summed E-state index contributed by atoms with van der Waals surface area (Å²) in [7, 11) is 0. The number of unbranched alkanes of at least 4 members (excludes halogenated alkanes) is 8. The second-order valence-electron chi connectivity index (χ2n) is 6.84. The molecule has 0 saturated heterocycles. The number of hydrogen-bond donors (Lipinski definition) is 3. The van der Waals surface area contributed by atoms with Crippen molar-refractivity contribution in [2.24, 2.45) is 5.73 Å². The summed E-state index contributed by atoms with van der Waals surface area (Å²) in [5, 5.41) is 18.6. The summed E-state index contributed by atoms with van der Waals surface area (Å²) in [4.78, 5) is 10.6. The van der Waals surface area contributed by atoms with Gasteiger partial charge in [0.15, 0.2) is 0 Å². The minimum atomic E-state index is -0.912. The molecule has 0 heterocycles. The molecule has 0 radical (unpaired) electrons. The number of rotatable bonds is 17. The van der Waals surface area contributed by atoms with Crippen LogP contribution < -0.4 is 5.73 Å². The summed E-state index contributed by atoms with van der Waals surface area (Å²) in [5.74, 6) is -0.912. The molecule has 0 saturated carbocycles. The fourth-order valence-electron chi connectivity index (χ4n) is 2.76. The molecule has 142 valence electrons. The number of carboxylic acid groups (broad SMARTS) is 1. The van der Waals surface area contributed by atoms with Gasteiger partial charge in [-0.3, -0.25) is 4.79 Å². The van der Waals surface area contributed by atoms with Crippen molar-refractivity contribution in [2.45, 2.75) is 109 Å². The number of carboxylic acids is 1. The topological polar surface area (TPSA) is 83.5 Å². The minimum absolute atomic E-state index is 0.0982. The molecule has 0 aromatic rings. The van der Waals surface area contributed by atoms with Crippen molar-refractivity contribution < 1.29 is 15.0 Å². The lowest BCUT2D eigenvalue weighted by Crippen LogP contribution is -2.29. The number of aliphatic hydroxyl groups excluding tert-OH is 1. The Morgan fingerprint density at radius 1 is 0.875 bits per heavy atom. The zero-order valence-corrected chi connectivity index (χ0v) is 15.6. The molecule has 4 N–H and O–H groups in total. The van der Waals surface area contributed by atoms with E-state index in [2.05, 4.69) is 19.1 Å². The normalized spacial score (nSPS) is 14.1. The van der Waals surface area contributed by atoms with Crippen LogP contribution in [-0.2, 0) is 4.79 Å². The van der Waals surface area contributed by atoms with Gasteiger partial charge in [-0.2, -0.15) is 0 Å². The van der Waals surface area contributed by atoms with Crippen LogP contribution in [0.25, 0.3) is 0 Å². The van der Waals surface area contributed by atoms with Gasteiger partial charge in [-0.25, -0.2) is 0 Å². The standard InChI is InChI=1S/C20H39NO3/c1-2-3-4-12-15-18(22)16-13-10-8-6-5-7-9-11-14-17-19(21)20(23)24/h7,9,18-19,22H,2-6,8,10-17,21H2,1H3,(H,23,24)/b9-7+. The third-order valence-electron chi connectivity index (χ3n) is 4.42. The quantitative estimate of drug-likeness (QED) is 0.262. The molecule has 0 fully saturated rings.